The largest absolute Gasteiger partial charge is 0.343 e. The van der Waals surface area contributed by atoms with Crippen LogP contribution >= 0.6 is 0 Å². The molecule has 2 aliphatic rings. The zero-order valence-electron chi connectivity index (χ0n) is 14.6. The van der Waals surface area contributed by atoms with Gasteiger partial charge in [0.2, 0.25) is 0 Å². The van der Waals surface area contributed by atoms with Gasteiger partial charge in [-0.05, 0) is 19.9 Å². The van der Waals surface area contributed by atoms with Crippen molar-refractivity contribution in [3.8, 4) is 11.4 Å². The van der Waals surface area contributed by atoms with E-state index in [-0.39, 0.29) is 5.91 Å². The van der Waals surface area contributed by atoms with Gasteiger partial charge in [-0.15, -0.1) is 0 Å². The predicted molar refractivity (Wildman–Crippen MR) is 94.0 cm³/mol. The van der Waals surface area contributed by atoms with Crippen molar-refractivity contribution in [3.63, 3.8) is 0 Å². The molecule has 0 N–H and O–H groups in total. The van der Waals surface area contributed by atoms with Crippen molar-refractivity contribution in [1.82, 2.24) is 19.4 Å². The average molecular weight is 324 g/mol. The number of hydrogen-bond acceptors (Lipinski definition) is 3. The van der Waals surface area contributed by atoms with Gasteiger partial charge in [-0.3, -0.25) is 9.69 Å². The third kappa shape index (κ3) is 2.35. The average Bonchev–Trinajstić information content (AvgIpc) is 3.04. The van der Waals surface area contributed by atoms with Crippen LogP contribution in [0.5, 0.6) is 0 Å². The zero-order valence-corrected chi connectivity index (χ0v) is 14.6. The third-order valence-corrected chi connectivity index (χ3v) is 5.52. The molecule has 2 bridgehead atoms. The van der Waals surface area contributed by atoms with Crippen molar-refractivity contribution in [1.29, 1.82) is 0 Å². The monoisotopic (exact) mass is 324 g/mol. The summed E-state index contributed by atoms with van der Waals surface area (Å²) in [5.41, 5.74) is 2.81. The second-order valence-electron chi connectivity index (χ2n) is 7.16. The van der Waals surface area contributed by atoms with Gasteiger partial charge in [0.1, 0.15) is 11.5 Å². The summed E-state index contributed by atoms with van der Waals surface area (Å²) >= 11 is 0. The summed E-state index contributed by atoms with van der Waals surface area (Å²) in [7, 11) is 5.81. The number of benzene rings is 1. The number of aromatic nitrogens is 2. The van der Waals surface area contributed by atoms with Crippen LogP contribution in [-0.2, 0) is 13.0 Å². The van der Waals surface area contributed by atoms with Gasteiger partial charge in [0, 0.05) is 44.7 Å². The standard InChI is InChI=1S/C19H24N4O/c1-21(2)19(24)17-16-11-14-9-10-15(22(14)3)12-23(16)18(20-17)13-7-5-4-6-8-13/h4-8,14-15H,9-12H2,1-3H3/t14-,15+/m0/s1. The normalized spacial score (nSPS) is 23.0. The fraction of sp³-hybridized carbons (Fsp3) is 0.474. The van der Waals surface area contributed by atoms with Crippen molar-refractivity contribution >= 4 is 5.91 Å². The highest BCUT2D eigenvalue weighted by Gasteiger charge is 2.38. The molecule has 1 fully saturated rings. The highest BCUT2D eigenvalue weighted by atomic mass is 16.2. The highest BCUT2D eigenvalue weighted by molar-refractivity contribution is 5.94. The summed E-state index contributed by atoms with van der Waals surface area (Å²) in [5.74, 6) is 0.929. The quantitative estimate of drug-likeness (QED) is 0.851. The molecule has 0 radical (unpaired) electrons. The van der Waals surface area contributed by atoms with Crippen molar-refractivity contribution in [2.24, 2.45) is 0 Å². The molecule has 24 heavy (non-hydrogen) atoms. The molecule has 3 heterocycles. The van der Waals surface area contributed by atoms with Gasteiger partial charge < -0.3 is 9.47 Å². The van der Waals surface area contributed by atoms with Crippen LogP contribution < -0.4 is 0 Å². The second kappa shape index (κ2) is 5.74. The van der Waals surface area contributed by atoms with Crippen LogP contribution in [0.4, 0.5) is 0 Å². The van der Waals surface area contributed by atoms with E-state index in [2.05, 4.69) is 28.6 Å². The molecule has 126 valence electrons. The number of imidazole rings is 1. The van der Waals surface area contributed by atoms with Crippen LogP contribution in [0.3, 0.4) is 0 Å². The molecule has 2 aromatic rings. The van der Waals surface area contributed by atoms with Gasteiger partial charge in [-0.1, -0.05) is 30.3 Å². The number of rotatable bonds is 2. The number of carbonyl (C=O) groups excluding carboxylic acids is 1. The molecule has 1 aromatic heterocycles. The first-order chi connectivity index (χ1) is 11.6. The van der Waals surface area contributed by atoms with E-state index in [4.69, 9.17) is 4.98 Å². The lowest BCUT2D eigenvalue weighted by atomic mass is 10.1. The molecule has 0 saturated carbocycles. The van der Waals surface area contributed by atoms with Crippen LogP contribution in [0.25, 0.3) is 11.4 Å². The molecule has 0 aliphatic carbocycles. The van der Waals surface area contributed by atoms with Crippen LogP contribution in [0.15, 0.2) is 30.3 Å². The Morgan fingerprint density at radius 2 is 1.88 bits per heavy atom. The van der Waals surface area contributed by atoms with E-state index in [1.54, 1.807) is 19.0 Å². The molecule has 0 unspecified atom stereocenters. The Morgan fingerprint density at radius 3 is 2.58 bits per heavy atom. The Bertz CT molecular complexity index is 765. The molecule has 0 spiro atoms. The van der Waals surface area contributed by atoms with Crippen molar-refractivity contribution in [2.45, 2.75) is 37.9 Å². The summed E-state index contributed by atoms with van der Waals surface area (Å²) < 4.78 is 2.30. The molecule has 4 rings (SSSR count). The number of nitrogens with zero attached hydrogens (tertiary/aromatic N) is 4. The first kappa shape index (κ1) is 15.4. The van der Waals surface area contributed by atoms with E-state index in [0.717, 1.165) is 30.0 Å². The Balaban J connectivity index is 1.88. The van der Waals surface area contributed by atoms with Gasteiger partial charge >= 0.3 is 0 Å². The molecule has 1 saturated heterocycles. The Labute approximate surface area is 142 Å². The van der Waals surface area contributed by atoms with Crippen molar-refractivity contribution in [2.75, 3.05) is 21.1 Å². The summed E-state index contributed by atoms with van der Waals surface area (Å²) in [6.07, 6.45) is 3.34. The van der Waals surface area contributed by atoms with E-state index < -0.39 is 0 Å². The fourth-order valence-corrected chi connectivity index (χ4v) is 4.07. The lowest BCUT2D eigenvalue weighted by Crippen LogP contribution is -2.33. The molecule has 1 amide bonds. The van der Waals surface area contributed by atoms with Gasteiger partial charge in [0.05, 0.1) is 5.69 Å². The van der Waals surface area contributed by atoms with Crippen LogP contribution in [-0.4, -0.2) is 58.5 Å². The van der Waals surface area contributed by atoms with Gasteiger partial charge in [0.25, 0.3) is 5.91 Å². The lowest BCUT2D eigenvalue weighted by Gasteiger charge is -2.22. The van der Waals surface area contributed by atoms with E-state index >= 15 is 0 Å². The van der Waals surface area contributed by atoms with E-state index in [1.807, 2.05) is 18.2 Å². The molecule has 5 heteroatoms. The molecule has 2 atom stereocenters. The van der Waals surface area contributed by atoms with E-state index in [0.29, 0.717) is 17.8 Å². The summed E-state index contributed by atoms with van der Waals surface area (Å²) in [5, 5.41) is 0. The number of hydrogen-bond donors (Lipinski definition) is 0. The van der Waals surface area contributed by atoms with Gasteiger partial charge in [0.15, 0.2) is 0 Å². The van der Waals surface area contributed by atoms with Crippen LogP contribution in [0, 0.1) is 0 Å². The first-order valence-electron chi connectivity index (χ1n) is 8.64. The topological polar surface area (TPSA) is 41.4 Å². The maximum atomic E-state index is 12.7. The summed E-state index contributed by atoms with van der Waals surface area (Å²) in [4.78, 5) is 21.6. The molecular formula is C19H24N4O. The molecule has 5 nitrogen and oxygen atoms in total. The molecular weight excluding hydrogens is 300 g/mol. The zero-order chi connectivity index (χ0) is 16.8. The smallest absolute Gasteiger partial charge is 0.273 e. The summed E-state index contributed by atoms with van der Waals surface area (Å²) in [6.45, 7) is 0.917. The van der Waals surface area contributed by atoms with Crippen LogP contribution in [0.1, 0.15) is 29.0 Å². The molecule has 1 aromatic carbocycles. The van der Waals surface area contributed by atoms with Gasteiger partial charge in [-0.25, -0.2) is 4.98 Å². The highest BCUT2D eigenvalue weighted by Crippen LogP contribution is 2.34. The summed E-state index contributed by atoms with van der Waals surface area (Å²) in [6, 6.07) is 11.3. The Hall–Kier alpha value is -2.14. The molecule has 2 aliphatic heterocycles. The lowest BCUT2D eigenvalue weighted by molar-refractivity contribution is 0.0821. The van der Waals surface area contributed by atoms with Crippen LogP contribution in [0.2, 0.25) is 0 Å². The maximum Gasteiger partial charge on any atom is 0.273 e. The maximum absolute atomic E-state index is 12.7. The SMILES string of the molecule is CN(C)C(=O)c1nc(-c2ccccc2)n2c1C[C@@H]1CC[C@H](C2)N1C. The second-order valence-corrected chi connectivity index (χ2v) is 7.16. The number of carbonyl (C=O) groups is 1. The van der Waals surface area contributed by atoms with E-state index in [1.165, 1.54) is 12.8 Å². The van der Waals surface area contributed by atoms with E-state index in [9.17, 15) is 4.79 Å². The van der Waals surface area contributed by atoms with Crippen molar-refractivity contribution in [3.05, 3.63) is 41.7 Å². The Kier molecular flexibility index (Phi) is 3.68. The minimum absolute atomic E-state index is 0.00126. The van der Waals surface area contributed by atoms with Crippen molar-refractivity contribution < 1.29 is 4.79 Å². The predicted octanol–water partition coefficient (Wildman–Crippen LogP) is 2.27. The first-order valence-corrected chi connectivity index (χ1v) is 8.64. The number of likely N-dealkylation sites (N-methyl/N-ethyl adjacent to an activating group) is 1. The fourth-order valence-electron chi connectivity index (χ4n) is 4.07. The minimum Gasteiger partial charge on any atom is -0.343 e. The number of fused-ring (bicyclic) bond motifs is 3. The van der Waals surface area contributed by atoms with Gasteiger partial charge in [-0.2, -0.15) is 0 Å². The minimum atomic E-state index is 0.00126. The number of amides is 1. The third-order valence-electron chi connectivity index (χ3n) is 5.52. The Morgan fingerprint density at radius 1 is 1.17 bits per heavy atom.